The lowest BCUT2D eigenvalue weighted by atomic mass is 10.2. The molecule has 0 saturated heterocycles. The van der Waals surface area contributed by atoms with Gasteiger partial charge in [0.05, 0.1) is 12.6 Å². The molecule has 0 saturated carbocycles. The summed E-state index contributed by atoms with van der Waals surface area (Å²) in [6.45, 7) is 1.25. The minimum absolute atomic E-state index is 0.196. The molecule has 0 radical (unpaired) electrons. The lowest BCUT2D eigenvalue weighted by Crippen LogP contribution is -2.28. The van der Waals surface area contributed by atoms with Gasteiger partial charge in [-0.1, -0.05) is 0 Å². The van der Waals surface area contributed by atoms with Crippen molar-refractivity contribution in [3.8, 4) is 0 Å². The highest BCUT2D eigenvalue weighted by molar-refractivity contribution is 5.32. The third-order valence-corrected chi connectivity index (χ3v) is 1.81. The highest BCUT2D eigenvalue weighted by Gasteiger charge is 2.07. The molecule has 5 nitrogen and oxygen atoms in total. The Kier molecular flexibility index (Phi) is 4.88. The first-order valence-electron chi connectivity index (χ1n) is 4.60. The number of hydrogen-bond donors (Lipinski definition) is 2. The van der Waals surface area contributed by atoms with Gasteiger partial charge < -0.3 is 15.8 Å². The fraction of sp³-hybridized carbons (Fsp3) is 0.556. The van der Waals surface area contributed by atoms with E-state index in [4.69, 9.17) is 10.5 Å². The largest absolute Gasteiger partial charge is 0.383 e. The van der Waals surface area contributed by atoms with Crippen LogP contribution in [-0.4, -0.2) is 36.5 Å². The SMILES string of the molecule is COCC(CCN)Nc1cccnn1. The molecule has 1 aromatic heterocycles. The molecule has 0 fully saturated rings. The Bertz CT molecular complexity index is 236. The molecule has 0 spiro atoms. The van der Waals surface area contributed by atoms with Gasteiger partial charge in [0.2, 0.25) is 0 Å². The van der Waals surface area contributed by atoms with Gasteiger partial charge in [-0.25, -0.2) is 0 Å². The lowest BCUT2D eigenvalue weighted by Gasteiger charge is -2.16. The molecule has 0 aliphatic rings. The molecule has 14 heavy (non-hydrogen) atoms. The molecule has 1 atom stereocenters. The summed E-state index contributed by atoms with van der Waals surface area (Å²) >= 11 is 0. The van der Waals surface area contributed by atoms with Crippen LogP contribution in [0.5, 0.6) is 0 Å². The molecule has 0 bridgehead atoms. The van der Waals surface area contributed by atoms with Crippen molar-refractivity contribution in [3.63, 3.8) is 0 Å². The highest BCUT2D eigenvalue weighted by Crippen LogP contribution is 2.03. The molecule has 5 heteroatoms. The predicted molar refractivity (Wildman–Crippen MR) is 55.0 cm³/mol. The predicted octanol–water partition coefficient (Wildman–Crippen LogP) is 0.252. The molecule has 1 heterocycles. The topological polar surface area (TPSA) is 73.1 Å². The normalized spacial score (nSPS) is 12.4. The van der Waals surface area contributed by atoms with Gasteiger partial charge in [-0.15, -0.1) is 5.10 Å². The van der Waals surface area contributed by atoms with E-state index in [0.717, 1.165) is 12.2 Å². The zero-order valence-electron chi connectivity index (χ0n) is 8.31. The molecule has 3 N–H and O–H groups in total. The summed E-state index contributed by atoms with van der Waals surface area (Å²) < 4.78 is 5.06. The van der Waals surface area contributed by atoms with E-state index in [9.17, 15) is 0 Å². The van der Waals surface area contributed by atoms with E-state index in [1.165, 1.54) is 0 Å². The smallest absolute Gasteiger partial charge is 0.148 e. The van der Waals surface area contributed by atoms with E-state index in [0.29, 0.717) is 13.2 Å². The van der Waals surface area contributed by atoms with Crippen molar-refractivity contribution in [2.24, 2.45) is 5.73 Å². The van der Waals surface area contributed by atoms with Crippen molar-refractivity contribution in [1.29, 1.82) is 0 Å². The van der Waals surface area contributed by atoms with Crippen LogP contribution < -0.4 is 11.1 Å². The van der Waals surface area contributed by atoms with Crippen molar-refractivity contribution in [2.75, 3.05) is 25.6 Å². The average Bonchev–Trinajstić information content (AvgIpc) is 2.20. The van der Waals surface area contributed by atoms with Crippen LogP contribution in [0.1, 0.15) is 6.42 Å². The maximum Gasteiger partial charge on any atom is 0.148 e. The third-order valence-electron chi connectivity index (χ3n) is 1.81. The first-order valence-corrected chi connectivity index (χ1v) is 4.60. The molecule has 78 valence electrons. The molecule has 0 aromatic carbocycles. The number of nitrogens with zero attached hydrogens (tertiary/aromatic N) is 2. The number of anilines is 1. The average molecular weight is 196 g/mol. The highest BCUT2D eigenvalue weighted by atomic mass is 16.5. The van der Waals surface area contributed by atoms with Crippen molar-refractivity contribution in [3.05, 3.63) is 18.3 Å². The van der Waals surface area contributed by atoms with E-state index < -0.39 is 0 Å². The fourth-order valence-corrected chi connectivity index (χ4v) is 1.19. The van der Waals surface area contributed by atoms with Gasteiger partial charge in [-0.2, -0.15) is 5.10 Å². The first-order chi connectivity index (χ1) is 6.86. The van der Waals surface area contributed by atoms with Gasteiger partial charge in [-0.3, -0.25) is 0 Å². The number of rotatable bonds is 6. The lowest BCUT2D eigenvalue weighted by molar-refractivity contribution is 0.183. The van der Waals surface area contributed by atoms with Gasteiger partial charge in [0.1, 0.15) is 5.82 Å². The summed E-state index contributed by atoms with van der Waals surface area (Å²) in [6.07, 6.45) is 2.49. The Labute approximate surface area is 83.7 Å². The summed E-state index contributed by atoms with van der Waals surface area (Å²) in [5.74, 6) is 0.753. The van der Waals surface area contributed by atoms with Crippen LogP contribution in [-0.2, 0) is 4.74 Å². The zero-order chi connectivity index (χ0) is 10.2. The zero-order valence-corrected chi connectivity index (χ0v) is 8.31. The minimum Gasteiger partial charge on any atom is -0.383 e. The van der Waals surface area contributed by atoms with Gasteiger partial charge in [-0.05, 0) is 25.1 Å². The fourth-order valence-electron chi connectivity index (χ4n) is 1.19. The number of aromatic nitrogens is 2. The summed E-state index contributed by atoms with van der Waals surface area (Å²) in [7, 11) is 1.67. The second kappa shape index (κ2) is 6.28. The summed E-state index contributed by atoms with van der Waals surface area (Å²) in [4.78, 5) is 0. The maximum absolute atomic E-state index is 5.48. The summed E-state index contributed by atoms with van der Waals surface area (Å²) in [6, 6.07) is 3.90. The molecule has 1 unspecified atom stereocenters. The van der Waals surface area contributed by atoms with E-state index in [1.54, 1.807) is 13.3 Å². The van der Waals surface area contributed by atoms with Gasteiger partial charge in [0.25, 0.3) is 0 Å². The monoisotopic (exact) mass is 196 g/mol. The van der Waals surface area contributed by atoms with Crippen LogP contribution in [0, 0.1) is 0 Å². The van der Waals surface area contributed by atoms with Gasteiger partial charge in [0, 0.05) is 13.3 Å². The van der Waals surface area contributed by atoms with Crippen LogP contribution in [0.2, 0.25) is 0 Å². The van der Waals surface area contributed by atoms with Crippen LogP contribution >= 0.6 is 0 Å². The van der Waals surface area contributed by atoms with E-state index in [1.807, 2.05) is 12.1 Å². The van der Waals surface area contributed by atoms with Crippen LogP contribution in [0.25, 0.3) is 0 Å². The van der Waals surface area contributed by atoms with E-state index >= 15 is 0 Å². The van der Waals surface area contributed by atoms with Crippen molar-refractivity contribution < 1.29 is 4.74 Å². The molecule has 0 amide bonds. The summed E-state index contributed by atoms with van der Waals surface area (Å²) in [5, 5.41) is 10.9. The Hall–Kier alpha value is -1.20. The molecule has 1 aromatic rings. The van der Waals surface area contributed by atoms with E-state index in [2.05, 4.69) is 15.5 Å². The Balaban J connectivity index is 2.46. The minimum atomic E-state index is 0.196. The number of hydrogen-bond acceptors (Lipinski definition) is 5. The quantitative estimate of drug-likeness (QED) is 0.682. The van der Waals surface area contributed by atoms with Crippen LogP contribution in [0.3, 0.4) is 0 Å². The van der Waals surface area contributed by atoms with E-state index in [-0.39, 0.29) is 6.04 Å². The standard InChI is InChI=1S/C9H16N4O/c1-14-7-8(4-5-10)12-9-3-2-6-11-13-9/h2-3,6,8H,4-5,7,10H2,1H3,(H,12,13). The molecular formula is C9H16N4O. The second-order valence-electron chi connectivity index (χ2n) is 2.98. The molecule has 0 aliphatic carbocycles. The Morgan fingerprint density at radius 2 is 2.50 bits per heavy atom. The Morgan fingerprint density at radius 1 is 1.64 bits per heavy atom. The van der Waals surface area contributed by atoms with Crippen LogP contribution in [0.15, 0.2) is 18.3 Å². The summed E-state index contributed by atoms with van der Waals surface area (Å²) in [5.41, 5.74) is 5.48. The molecule has 1 rings (SSSR count). The molecule has 0 aliphatic heterocycles. The maximum atomic E-state index is 5.48. The molecular weight excluding hydrogens is 180 g/mol. The number of methoxy groups -OCH3 is 1. The van der Waals surface area contributed by atoms with Crippen LogP contribution in [0.4, 0.5) is 5.82 Å². The second-order valence-corrected chi connectivity index (χ2v) is 2.98. The number of nitrogens with two attached hydrogens (primary N) is 1. The van der Waals surface area contributed by atoms with Crippen molar-refractivity contribution in [1.82, 2.24) is 10.2 Å². The van der Waals surface area contributed by atoms with Crippen molar-refractivity contribution in [2.45, 2.75) is 12.5 Å². The number of nitrogens with one attached hydrogen (secondary N) is 1. The van der Waals surface area contributed by atoms with Gasteiger partial charge >= 0.3 is 0 Å². The van der Waals surface area contributed by atoms with Crippen molar-refractivity contribution >= 4 is 5.82 Å². The number of ether oxygens (including phenoxy) is 1. The van der Waals surface area contributed by atoms with Gasteiger partial charge in [0.15, 0.2) is 0 Å². The first kappa shape index (κ1) is 10.9. The Morgan fingerprint density at radius 3 is 3.07 bits per heavy atom. The third kappa shape index (κ3) is 3.68.